The van der Waals surface area contributed by atoms with E-state index in [1.807, 2.05) is 20.0 Å². The molecule has 1 aromatic carbocycles. The highest BCUT2D eigenvalue weighted by molar-refractivity contribution is 7.91. The van der Waals surface area contributed by atoms with Crippen molar-refractivity contribution in [2.24, 2.45) is 0 Å². The monoisotopic (exact) mass is 345 g/mol. The van der Waals surface area contributed by atoms with Gasteiger partial charge in [-0.1, -0.05) is 18.2 Å². The van der Waals surface area contributed by atoms with E-state index < -0.39 is 9.84 Å². The summed E-state index contributed by atoms with van der Waals surface area (Å²) in [5, 5.41) is 10.3. The van der Waals surface area contributed by atoms with Crippen LogP contribution in [0.15, 0.2) is 46.2 Å². The number of aromatic nitrogens is 3. The Bertz CT molecular complexity index is 981. The lowest BCUT2D eigenvalue weighted by atomic mass is 10.3. The molecule has 0 unspecified atom stereocenters. The van der Waals surface area contributed by atoms with E-state index in [4.69, 9.17) is 0 Å². The van der Waals surface area contributed by atoms with Gasteiger partial charge in [-0.05, 0) is 32.2 Å². The number of fused-ring (bicyclic) bond motifs is 1. The molecule has 0 aliphatic rings. The van der Waals surface area contributed by atoms with Crippen molar-refractivity contribution in [3.05, 3.63) is 47.8 Å². The quantitative estimate of drug-likeness (QED) is 0.731. The average molecular weight is 345 g/mol. The standard InChI is InChI=1S/C16H19N5O2S/c1-11-9-12(10-17-2)21-16(19-11)14(15(18-3)20-21)24(22,23)13-7-5-4-6-8-13/h4-9,17H,10H2,1-3H3,(H,18,20). The molecule has 0 aliphatic heterocycles. The lowest BCUT2D eigenvalue weighted by Gasteiger charge is -2.07. The summed E-state index contributed by atoms with van der Waals surface area (Å²) in [5.74, 6) is 0.286. The maximum absolute atomic E-state index is 13.1. The van der Waals surface area contributed by atoms with Crippen LogP contribution in [0.3, 0.4) is 0 Å². The van der Waals surface area contributed by atoms with Gasteiger partial charge in [0.15, 0.2) is 16.4 Å². The SMILES string of the molecule is CNCc1cc(C)nc2c(S(=O)(=O)c3ccccc3)c(NC)nn12. The molecule has 0 saturated heterocycles. The predicted molar refractivity (Wildman–Crippen MR) is 91.9 cm³/mol. The lowest BCUT2D eigenvalue weighted by molar-refractivity contribution is 0.597. The molecule has 126 valence electrons. The van der Waals surface area contributed by atoms with Crippen LogP contribution in [0, 0.1) is 6.92 Å². The fourth-order valence-electron chi connectivity index (χ4n) is 2.63. The maximum atomic E-state index is 13.1. The first-order valence-electron chi connectivity index (χ1n) is 7.50. The Balaban J connectivity index is 2.35. The molecule has 0 bridgehead atoms. The number of nitrogens with one attached hydrogen (secondary N) is 2. The van der Waals surface area contributed by atoms with E-state index in [-0.39, 0.29) is 15.6 Å². The number of aryl methyl sites for hydroxylation is 1. The van der Waals surface area contributed by atoms with E-state index in [1.54, 1.807) is 41.9 Å². The molecule has 0 saturated carbocycles. The van der Waals surface area contributed by atoms with Gasteiger partial charge in [-0.25, -0.2) is 17.9 Å². The third-order valence-corrected chi connectivity index (χ3v) is 5.47. The summed E-state index contributed by atoms with van der Waals surface area (Å²) in [6, 6.07) is 10.2. The van der Waals surface area contributed by atoms with E-state index >= 15 is 0 Å². The van der Waals surface area contributed by atoms with Gasteiger partial charge in [0.05, 0.1) is 10.6 Å². The van der Waals surface area contributed by atoms with Crippen molar-refractivity contribution in [2.75, 3.05) is 19.4 Å². The van der Waals surface area contributed by atoms with Crippen LogP contribution in [-0.4, -0.2) is 37.1 Å². The number of rotatable bonds is 5. The zero-order valence-electron chi connectivity index (χ0n) is 13.7. The summed E-state index contributed by atoms with van der Waals surface area (Å²) in [6.45, 7) is 2.39. The lowest BCUT2D eigenvalue weighted by Crippen LogP contribution is -2.12. The number of sulfone groups is 1. The second-order valence-electron chi connectivity index (χ2n) is 5.40. The molecule has 2 heterocycles. The van der Waals surface area contributed by atoms with E-state index in [2.05, 4.69) is 20.7 Å². The Morgan fingerprint density at radius 3 is 2.50 bits per heavy atom. The molecule has 0 radical (unpaired) electrons. The molecule has 2 aromatic heterocycles. The first-order valence-corrected chi connectivity index (χ1v) is 8.99. The summed E-state index contributed by atoms with van der Waals surface area (Å²) in [5.41, 5.74) is 1.90. The van der Waals surface area contributed by atoms with Crippen LogP contribution in [0.25, 0.3) is 5.65 Å². The minimum absolute atomic E-state index is 0.0947. The molecule has 8 heteroatoms. The van der Waals surface area contributed by atoms with E-state index in [0.717, 1.165) is 11.4 Å². The molecule has 0 atom stereocenters. The van der Waals surface area contributed by atoms with Gasteiger partial charge >= 0.3 is 0 Å². The maximum Gasteiger partial charge on any atom is 0.214 e. The molecular formula is C16H19N5O2S. The van der Waals surface area contributed by atoms with Gasteiger partial charge in [0.2, 0.25) is 9.84 Å². The Morgan fingerprint density at radius 1 is 1.17 bits per heavy atom. The molecule has 3 aromatic rings. The van der Waals surface area contributed by atoms with Crippen molar-refractivity contribution in [2.45, 2.75) is 23.3 Å². The summed E-state index contributed by atoms with van der Waals surface area (Å²) in [6.07, 6.45) is 0. The van der Waals surface area contributed by atoms with E-state index in [9.17, 15) is 8.42 Å². The summed E-state index contributed by atoms with van der Waals surface area (Å²) >= 11 is 0. The van der Waals surface area contributed by atoms with Crippen LogP contribution in [-0.2, 0) is 16.4 Å². The van der Waals surface area contributed by atoms with Crippen molar-refractivity contribution in [3.63, 3.8) is 0 Å². The predicted octanol–water partition coefficient (Wildman–Crippen LogP) is 1.63. The number of anilines is 1. The molecule has 0 aliphatic carbocycles. The second-order valence-corrected chi connectivity index (χ2v) is 7.29. The van der Waals surface area contributed by atoms with Gasteiger partial charge in [0.1, 0.15) is 0 Å². The van der Waals surface area contributed by atoms with Crippen molar-refractivity contribution < 1.29 is 8.42 Å². The average Bonchev–Trinajstić information content (AvgIpc) is 2.95. The Hall–Kier alpha value is -2.45. The van der Waals surface area contributed by atoms with Gasteiger partial charge in [0, 0.05) is 19.3 Å². The molecule has 3 rings (SSSR count). The summed E-state index contributed by atoms with van der Waals surface area (Å²) in [7, 11) is -0.268. The molecule has 24 heavy (non-hydrogen) atoms. The molecule has 0 fully saturated rings. The molecule has 7 nitrogen and oxygen atoms in total. The highest BCUT2D eigenvalue weighted by atomic mass is 32.2. The van der Waals surface area contributed by atoms with Gasteiger partial charge in [-0.3, -0.25) is 0 Å². The normalized spacial score (nSPS) is 11.8. The number of hydrogen-bond donors (Lipinski definition) is 2. The fraction of sp³-hybridized carbons (Fsp3) is 0.250. The van der Waals surface area contributed by atoms with Crippen LogP contribution >= 0.6 is 0 Å². The highest BCUT2D eigenvalue weighted by Gasteiger charge is 2.29. The molecule has 0 amide bonds. The third kappa shape index (κ3) is 2.63. The molecule has 0 spiro atoms. The molecule has 2 N–H and O–H groups in total. The smallest absolute Gasteiger partial charge is 0.214 e. The van der Waals surface area contributed by atoms with E-state index in [1.165, 1.54) is 0 Å². The largest absolute Gasteiger partial charge is 0.370 e. The van der Waals surface area contributed by atoms with Gasteiger partial charge < -0.3 is 10.6 Å². The summed E-state index contributed by atoms with van der Waals surface area (Å²) in [4.78, 5) is 4.74. The Kier molecular flexibility index (Phi) is 4.25. The van der Waals surface area contributed by atoms with Crippen molar-refractivity contribution >= 4 is 21.3 Å². The Morgan fingerprint density at radius 2 is 1.88 bits per heavy atom. The first kappa shape index (κ1) is 16.4. The van der Waals surface area contributed by atoms with Gasteiger partial charge in [0.25, 0.3) is 0 Å². The van der Waals surface area contributed by atoms with E-state index in [0.29, 0.717) is 12.2 Å². The number of nitrogens with zero attached hydrogens (tertiary/aromatic N) is 3. The van der Waals surface area contributed by atoms with Crippen LogP contribution in [0.4, 0.5) is 5.82 Å². The third-order valence-electron chi connectivity index (χ3n) is 3.67. The van der Waals surface area contributed by atoms with Crippen molar-refractivity contribution in [3.8, 4) is 0 Å². The van der Waals surface area contributed by atoms with Crippen LogP contribution in [0.2, 0.25) is 0 Å². The van der Waals surface area contributed by atoms with Crippen molar-refractivity contribution in [1.82, 2.24) is 19.9 Å². The topological polar surface area (TPSA) is 88.4 Å². The second kappa shape index (κ2) is 6.21. The number of hydrogen-bond acceptors (Lipinski definition) is 6. The highest BCUT2D eigenvalue weighted by Crippen LogP contribution is 2.31. The Labute approximate surface area is 140 Å². The number of benzene rings is 1. The van der Waals surface area contributed by atoms with Crippen LogP contribution in [0.1, 0.15) is 11.4 Å². The van der Waals surface area contributed by atoms with Gasteiger partial charge in [-0.15, -0.1) is 5.10 Å². The fourth-order valence-corrected chi connectivity index (χ4v) is 4.15. The molecular weight excluding hydrogens is 326 g/mol. The van der Waals surface area contributed by atoms with Crippen LogP contribution in [0.5, 0.6) is 0 Å². The zero-order valence-corrected chi connectivity index (χ0v) is 14.6. The first-order chi connectivity index (χ1) is 11.5. The zero-order chi connectivity index (χ0) is 17.3. The van der Waals surface area contributed by atoms with Crippen molar-refractivity contribution in [1.29, 1.82) is 0 Å². The minimum atomic E-state index is -3.74. The summed E-state index contributed by atoms with van der Waals surface area (Å²) < 4.78 is 27.8. The van der Waals surface area contributed by atoms with Gasteiger partial charge in [-0.2, -0.15) is 0 Å². The van der Waals surface area contributed by atoms with Crippen LogP contribution < -0.4 is 10.6 Å². The minimum Gasteiger partial charge on any atom is -0.370 e.